The maximum Gasteiger partial charge on any atom is 0.0671 e. The van der Waals surface area contributed by atoms with E-state index in [9.17, 15) is 0 Å². The highest BCUT2D eigenvalue weighted by atomic mass is 32.2. The van der Waals surface area contributed by atoms with Gasteiger partial charge in [-0.05, 0) is 20.8 Å². The maximum atomic E-state index is 5.47. The highest BCUT2D eigenvalue weighted by Gasteiger charge is 2.13. The minimum Gasteiger partial charge on any atom is -0.377 e. The molecule has 3 heteroatoms. The van der Waals surface area contributed by atoms with E-state index in [1.807, 2.05) is 18.7 Å². The highest BCUT2D eigenvalue weighted by molar-refractivity contribution is 8.00. The van der Waals surface area contributed by atoms with Crippen molar-refractivity contribution in [3.05, 3.63) is 0 Å². The first kappa shape index (κ1) is 15.3. The molecule has 92 valence electrons. The molecule has 0 fully saturated rings. The van der Waals surface area contributed by atoms with E-state index >= 15 is 0 Å². The van der Waals surface area contributed by atoms with Crippen LogP contribution in [0.2, 0.25) is 0 Å². The Morgan fingerprint density at radius 1 is 1.27 bits per heavy atom. The van der Waals surface area contributed by atoms with Crippen molar-refractivity contribution in [2.45, 2.75) is 58.4 Å². The molecule has 0 rings (SSSR count). The third kappa shape index (κ3) is 10.6. The molecule has 0 bridgehead atoms. The molecule has 0 heterocycles. The number of hydrogen-bond donors (Lipinski definition) is 1. The molecule has 15 heavy (non-hydrogen) atoms. The molecule has 0 radical (unpaired) electrons. The van der Waals surface area contributed by atoms with Gasteiger partial charge in [0.25, 0.3) is 0 Å². The molecule has 2 nitrogen and oxygen atoms in total. The average molecular weight is 233 g/mol. The molecule has 2 unspecified atom stereocenters. The van der Waals surface area contributed by atoms with Gasteiger partial charge < -0.3 is 10.1 Å². The highest BCUT2D eigenvalue weighted by Crippen LogP contribution is 2.23. The molecule has 0 spiro atoms. The molecule has 0 aromatic rings. The standard InChI is InChI=1S/C12H27NOS/c1-7-14-11(3)8-13-10(2)9-15-12(4,5)6/h10-11,13H,7-9H2,1-6H3. The Morgan fingerprint density at radius 2 is 1.87 bits per heavy atom. The second kappa shape index (κ2) is 7.53. The number of hydrogen-bond acceptors (Lipinski definition) is 3. The van der Waals surface area contributed by atoms with Crippen LogP contribution in [0.4, 0.5) is 0 Å². The first-order valence-electron chi connectivity index (χ1n) is 5.84. The van der Waals surface area contributed by atoms with E-state index in [1.165, 1.54) is 0 Å². The van der Waals surface area contributed by atoms with Crippen LogP contribution in [0.15, 0.2) is 0 Å². The molecule has 0 aliphatic heterocycles. The Bertz CT molecular complexity index is 156. The van der Waals surface area contributed by atoms with Gasteiger partial charge in [0, 0.05) is 29.7 Å². The molecule has 0 saturated carbocycles. The lowest BCUT2D eigenvalue weighted by atomic mass is 10.3. The third-order valence-corrected chi connectivity index (χ3v) is 3.50. The van der Waals surface area contributed by atoms with Gasteiger partial charge >= 0.3 is 0 Å². The van der Waals surface area contributed by atoms with Gasteiger partial charge in [0.05, 0.1) is 6.10 Å². The summed E-state index contributed by atoms with van der Waals surface area (Å²) in [6, 6.07) is 0.553. The molecule has 0 aliphatic rings. The van der Waals surface area contributed by atoms with Crippen LogP contribution in [-0.2, 0) is 4.74 Å². The number of ether oxygens (including phenoxy) is 1. The average Bonchev–Trinajstić information content (AvgIpc) is 2.11. The van der Waals surface area contributed by atoms with Crippen LogP contribution < -0.4 is 5.32 Å². The third-order valence-electron chi connectivity index (χ3n) is 1.97. The zero-order chi connectivity index (χ0) is 11.9. The van der Waals surface area contributed by atoms with Crippen molar-refractivity contribution in [1.29, 1.82) is 0 Å². The summed E-state index contributed by atoms with van der Waals surface area (Å²) in [5.74, 6) is 1.16. The number of rotatable bonds is 7. The zero-order valence-electron chi connectivity index (χ0n) is 11.1. The van der Waals surface area contributed by atoms with E-state index in [4.69, 9.17) is 4.74 Å². The molecule has 2 atom stereocenters. The van der Waals surface area contributed by atoms with Crippen molar-refractivity contribution >= 4 is 11.8 Å². The Labute approximate surface area is 99.5 Å². The first-order valence-corrected chi connectivity index (χ1v) is 6.82. The van der Waals surface area contributed by atoms with Crippen molar-refractivity contribution in [1.82, 2.24) is 5.32 Å². The van der Waals surface area contributed by atoms with Gasteiger partial charge in [-0.3, -0.25) is 0 Å². The fraction of sp³-hybridized carbons (Fsp3) is 1.00. The molecule has 0 aromatic heterocycles. The van der Waals surface area contributed by atoms with E-state index < -0.39 is 0 Å². The van der Waals surface area contributed by atoms with Crippen LogP contribution in [0.1, 0.15) is 41.5 Å². The Morgan fingerprint density at radius 3 is 2.33 bits per heavy atom. The lowest BCUT2D eigenvalue weighted by molar-refractivity contribution is 0.0748. The first-order chi connectivity index (χ1) is 6.85. The van der Waals surface area contributed by atoms with Crippen LogP contribution >= 0.6 is 11.8 Å². The normalized spacial score (nSPS) is 16.4. The van der Waals surface area contributed by atoms with Crippen LogP contribution in [0.25, 0.3) is 0 Å². The summed E-state index contributed by atoms with van der Waals surface area (Å²) in [5, 5.41) is 3.49. The molecule has 0 saturated heterocycles. The summed E-state index contributed by atoms with van der Waals surface area (Å²) < 4.78 is 5.83. The van der Waals surface area contributed by atoms with Gasteiger partial charge in [-0.1, -0.05) is 20.8 Å². The molecular weight excluding hydrogens is 206 g/mol. The predicted octanol–water partition coefficient (Wildman–Crippen LogP) is 2.92. The summed E-state index contributed by atoms with van der Waals surface area (Å²) in [6.07, 6.45) is 0.317. The molecule has 1 N–H and O–H groups in total. The molecule has 0 aromatic carbocycles. The minimum atomic E-state index is 0.317. The lowest BCUT2D eigenvalue weighted by Crippen LogP contribution is -2.36. The van der Waals surface area contributed by atoms with E-state index in [-0.39, 0.29) is 0 Å². The summed E-state index contributed by atoms with van der Waals surface area (Å²) in [6.45, 7) is 14.9. The van der Waals surface area contributed by atoms with Gasteiger partial charge in [-0.15, -0.1) is 0 Å². The lowest BCUT2D eigenvalue weighted by Gasteiger charge is -2.22. The molecular formula is C12H27NOS. The molecule has 0 amide bonds. The van der Waals surface area contributed by atoms with Crippen LogP contribution in [0.3, 0.4) is 0 Å². The maximum absolute atomic E-state index is 5.47. The quantitative estimate of drug-likeness (QED) is 0.730. The van der Waals surface area contributed by atoms with Gasteiger partial charge in [0.1, 0.15) is 0 Å². The smallest absolute Gasteiger partial charge is 0.0671 e. The van der Waals surface area contributed by atoms with Crippen molar-refractivity contribution in [3.8, 4) is 0 Å². The largest absolute Gasteiger partial charge is 0.377 e. The van der Waals surface area contributed by atoms with Crippen molar-refractivity contribution in [2.75, 3.05) is 18.9 Å². The summed E-state index contributed by atoms with van der Waals surface area (Å²) in [5.41, 5.74) is 0. The van der Waals surface area contributed by atoms with E-state index in [0.29, 0.717) is 16.9 Å². The summed E-state index contributed by atoms with van der Waals surface area (Å²) >= 11 is 2.00. The van der Waals surface area contributed by atoms with Gasteiger partial charge in [0.15, 0.2) is 0 Å². The summed E-state index contributed by atoms with van der Waals surface area (Å²) in [7, 11) is 0. The zero-order valence-corrected chi connectivity index (χ0v) is 11.9. The van der Waals surface area contributed by atoms with E-state index in [2.05, 4.69) is 39.9 Å². The van der Waals surface area contributed by atoms with Crippen LogP contribution in [0.5, 0.6) is 0 Å². The predicted molar refractivity (Wildman–Crippen MR) is 70.8 cm³/mol. The van der Waals surface area contributed by atoms with E-state index in [1.54, 1.807) is 0 Å². The SMILES string of the molecule is CCOC(C)CNC(C)CSC(C)(C)C. The Kier molecular flexibility index (Phi) is 7.66. The van der Waals surface area contributed by atoms with E-state index in [0.717, 1.165) is 18.9 Å². The number of thioether (sulfide) groups is 1. The van der Waals surface area contributed by atoms with Crippen molar-refractivity contribution in [2.24, 2.45) is 0 Å². The van der Waals surface area contributed by atoms with Crippen LogP contribution in [0, 0.1) is 0 Å². The fourth-order valence-electron chi connectivity index (χ4n) is 1.14. The monoisotopic (exact) mass is 233 g/mol. The fourth-order valence-corrected chi connectivity index (χ4v) is 2.01. The van der Waals surface area contributed by atoms with Crippen LogP contribution in [-0.4, -0.2) is 35.8 Å². The molecule has 0 aliphatic carbocycles. The van der Waals surface area contributed by atoms with Gasteiger partial charge in [-0.25, -0.2) is 0 Å². The van der Waals surface area contributed by atoms with Crippen molar-refractivity contribution < 1.29 is 4.74 Å². The second-order valence-corrected chi connectivity index (χ2v) is 6.85. The summed E-state index contributed by atoms with van der Waals surface area (Å²) in [4.78, 5) is 0. The van der Waals surface area contributed by atoms with Gasteiger partial charge in [-0.2, -0.15) is 11.8 Å². The topological polar surface area (TPSA) is 21.3 Å². The number of nitrogens with one attached hydrogen (secondary N) is 1. The Balaban J connectivity index is 3.53. The van der Waals surface area contributed by atoms with Crippen molar-refractivity contribution in [3.63, 3.8) is 0 Å². The second-order valence-electron chi connectivity index (χ2n) is 5.00. The Hall–Kier alpha value is 0.270. The minimum absolute atomic E-state index is 0.317. The van der Waals surface area contributed by atoms with Gasteiger partial charge in [0.2, 0.25) is 0 Å².